The summed E-state index contributed by atoms with van der Waals surface area (Å²) >= 11 is 0. The van der Waals surface area contributed by atoms with Crippen molar-refractivity contribution in [3.05, 3.63) is 66.1 Å². The third-order valence-electron chi connectivity index (χ3n) is 7.13. The smallest absolute Gasteiger partial charge is 0 e. The average Bonchev–Trinajstić information content (AvgIpc) is 2.92. The molecule has 0 aromatic carbocycles. The monoisotopic (exact) mass is 472 g/mol. The van der Waals surface area contributed by atoms with Crippen LogP contribution in [0.3, 0.4) is 0 Å². The van der Waals surface area contributed by atoms with Crippen LogP contribution in [0, 0.1) is 77.9 Å². The van der Waals surface area contributed by atoms with Crippen molar-refractivity contribution in [2.45, 2.75) is 103 Å². The van der Waals surface area contributed by atoms with Gasteiger partial charge < -0.3 is 6.92 Å². The van der Waals surface area contributed by atoms with Crippen LogP contribution in [-0.2, 0) is 32.7 Å². The van der Waals surface area contributed by atoms with Gasteiger partial charge in [0.05, 0.1) is 0 Å². The second-order valence-electron chi connectivity index (χ2n) is 9.10. The molecule has 29 heavy (non-hydrogen) atoms. The first-order valence-electron chi connectivity index (χ1n) is 11.0. The van der Waals surface area contributed by atoms with Crippen molar-refractivity contribution in [3.8, 4) is 0 Å². The van der Waals surface area contributed by atoms with Crippen LogP contribution in [0.1, 0.15) is 103 Å². The van der Waals surface area contributed by atoms with Crippen molar-refractivity contribution < 1.29 is 32.7 Å². The Hall–Kier alpha value is 1.10. The van der Waals surface area contributed by atoms with Gasteiger partial charge in [0.1, 0.15) is 0 Å². The average molecular weight is 473 g/mol. The molecule has 163 valence electrons. The fourth-order valence-electron chi connectivity index (χ4n) is 3.67. The van der Waals surface area contributed by atoms with Crippen LogP contribution in [0.2, 0.25) is 0 Å². The molecule has 2 aliphatic carbocycles. The Kier molecular flexibility index (Phi) is 16.7. The molecule has 0 aromatic rings. The zero-order valence-electron chi connectivity index (χ0n) is 21.9. The molecule has 2 unspecified atom stereocenters. The maximum absolute atomic E-state index is 3.93. The van der Waals surface area contributed by atoms with Gasteiger partial charge in [0.25, 0.3) is 0 Å². The maximum Gasteiger partial charge on any atom is 0 e. The van der Waals surface area contributed by atoms with E-state index in [2.05, 4.69) is 96.9 Å². The minimum absolute atomic E-state index is 0. The van der Waals surface area contributed by atoms with E-state index >= 15 is 0 Å². The van der Waals surface area contributed by atoms with Gasteiger partial charge in [-0.1, -0.05) is 103 Å². The molecule has 0 nitrogen and oxygen atoms in total. The summed E-state index contributed by atoms with van der Waals surface area (Å²) in [6.07, 6.45) is 2.57. The van der Waals surface area contributed by atoms with Crippen LogP contribution < -0.4 is 0 Å². The van der Waals surface area contributed by atoms with E-state index in [1.54, 1.807) is 0 Å². The fourth-order valence-corrected chi connectivity index (χ4v) is 3.67. The van der Waals surface area contributed by atoms with Gasteiger partial charge in [-0.05, 0) is 65.1 Å². The quantitative estimate of drug-likeness (QED) is 0.360. The largest absolute Gasteiger partial charge is 0.341 e. The Balaban J connectivity index is 0. The molecular formula is C28H47Y-. The number of rotatable bonds is 3. The molecule has 1 heteroatoms. The standard InChI is InChI=1S/2C10H15.C8H17.Y/c2*1-6-7(2)9(4)10(5)8(6)3;1-5-8(4)6-7(2)3;/h2*1-5H3;7-8H,2,5-6H2,1,3-4H3;/q;;-1;. The molecule has 2 fully saturated rings. The van der Waals surface area contributed by atoms with E-state index in [0.29, 0.717) is 5.92 Å². The summed E-state index contributed by atoms with van der Waals surface area (Å²) < 4.78 is 0. The van der Waals surface area contributed by atoms with Crippen LogP contribution in [0.25, 0.3) is 0 Å². The SMILES string of the molecule is C[C]1[C](C)[C](C)[C](C)[C]1C.C[C]1[C](C)[C](C)[C](C)[C]1C.[CH2-]C(C)CC(C)CC.[Y]. The Morgan fingerprint density at radius 1 is 0.517 bits per heavy atom. The minimum Gasteiger partial charge on any atom is -0.341 e. The fraction of sp³-hybridized carbons (Fsp3) is 0.607. The van der Waals surface area contributed by atoms with Crippen molar-refractivity contribution in [1.29, 1.82) is 0 Å². The summed E-state index contributed by atoms with van der Waals surface area (Å²) in [5.41, 5.74) is 0. The van der Waals surface area contributed by atoms with Crippen molar-refractivity contribution >= 4 is 0 Å². The van der Waals surface area contributed by atoms with Gasteiger partial charge in [-0.25, -0.2) is 0 Å². The molecular weight excluding hydrogens is 425 g/mol. The molecule has 0 amide bonds. The van der Waals surface area contributed by atoms with E-state index in [1.165, 1.54) is 72.0 Å². The van der Waals surface area contributed by atoms with Gasteiger partial charge in [-0.2, -0.15) is 5.92 Å². The van der Waals surface area contributed by atoms with Crippen molar-refractivity contribution in [1.82, 2.24) is 0 Å². The summed E-state index contributed by atoms with van der Waals surface area (Å²) in [6.45, 7) is 32.6. The molecule has 0 heterocycles. The van der Waals surface area contributed by atoms with E-state index in [9.17, 15) is 0 Å². The van der Waals surface area contributed by atoms with Crippen LogP contribution >= 0.6 is 0 Å². The van der Waals surface area contributed by atoms with E-state index < -0.39 is 0 Å². The molecule has 0 spiro atoms. The van der Waals surface area contributed by atoms with Gasteiger partial charge in [0.2, 0.25) is 0 Å². The third-order valence-corrected chi connectivity index (χ3v) is 7.13. The number of hydrogen-bond donors (Lipinski definition) is 0. The molecule has 0 aromatic heterocycles. The van der Waals surface area contributed by atoms with Crippen LogP contribution in [0.4, 0.5) is 0 Å². The summed E-state index contributed by atoms with van der Waals surface area (Å²) in [5, 5.41) is 0. The second kappa shape index (κ2) is 15.0. The molecule has 2 saturated carbocycles. The Labute approximate surface area is 212 Å². The Morgan fingerprint density at radius 3 is 0.759 bits per heavy atom. The first kappa shape index (κ1) is 32.3. The van der Waals surface area contributed by atoms with E-state index in [1.807, 2.05) is 0 Å². The van der Waals surface area contributed by atoms with Crippen LogP contribution in [0.15, 0.2) is 0 Å². The zero-order chi connectivity index (χ0) is 22.3. The van der Waals surface area contributed by atoms with Crippen LogP contribution in [0.5, 0.6) is 0 Å². The van der Waals surface area contributed by atoms with Gasteiger partial charge >= 0.3 is 0 Å². The molecule has 2 aliphatic rings. The molecule has 0 N–H and O–H groups in total. The third kappa shape index (κ3) is 9.64. The molecule has 0 bridgehead atoms. The molecule has 0 saturated heterocycles. The summed E-state index contributed by atoms with van der Waals surface area (Å²) in [5.74, 6) is 16.2. The van der Waals surface area contributed by atoms with Gasteiger partial charge in [0.15, 0.2) is 0 Å². The molecule has 2 rings (SSSR count). The topological polar surface area (TPSA) is 0 Å². The van der Waals surface area contributed by atoms with Crippen molar-refractivity contribution in [2.24, 2.45) is 11.8 Å². The van der Waals surface area contributed by atoms with Gasteiger partial charge in [-0.15, -0.1) is 0 Å². The predicted molar refractivity (Wildman–Crippen MR) is 128 cm³/mol. The minimum atomic E-state index is 0. The first-order valence-corrected chi connectivity index (χ1v) is 11.0. The molecule has 11 radical (unpaired) electrons. The maximum atomic E-state index is 3.93. The molecule has 0 aliphatic heterocycles. The van der Waals surface area contributed by atoms with E-state index in [4.69, 9.17) is 0 Å². The van der Waals surface area contributed by atoms with Crippen molar-refractivity contribution in [3.63, 3.8) is 0 Å². The zero-order valence-corrected chi connectivity index (χ0v) is 24.7. The van der Waals surface area contributed by atoms with Gasteiger partial charge in [-0.3, -0.25) is 0 Å². The Morgan fingerprint density at radius 2 is 0.690 bits per heavy atom. The van der Waals surface area contributed by atoms with Crippen LogP contribution in [-0.4, -0.2) is 0 Å². The first-order chi connectivity index (χ1) is 12.8. The summed E-state index contributed by atoms with van der Waals surface area (Å²) in [4.78, 5) is 0. The van der Waals surface area contributed by atoms with Crippen molar-refractivity contribution in [2.75, 3.05) is 0 Å². The van der Waals surface area contributed by atoms with E-state index in [0.717, 1.165) is 5.92 Å². The number of hydrogen-bond acceptors (Lipinski definition) is 0. The summed E-state index contributed by atoms with van der Waals surface area (Å²) in [6, 6.07) is 0. The Bertz CT molecular complexity index is 283. The van der Waals surface area contributed by atoms with E-state index in [-0.39, 0.29) is 32.7 Å². The summed E-state index contributed by atoms with van der Waals surface area (Å²) in [7, 11) is 0. The van der Waals surface area contributed by atoms with Gasteiger partial charge in [0, 0.05) is 32.7 Å². The predicted octanol–water partition coefficient (Wildman–Crippen LogP) is 8.83. The normalized spacial score (nSPS) is 24.6. The second-order valence-corrected chi connectivity index (χ2v) is 9.10. The molecule has 2 atom stereocenters.